The van der Waals surface area contributed by atoms with Crippen molar-refractivity contribution in [1.29, 1.82) is 0 Å². The van der Waals surface area contributed by atoms with Crippen LogP contribution in [-0.4, -0.2) is 16.2 Å². The van der Waals surface area contributed by atoms with Gasteiger partial charge in [-0.1, -0.05) is 11.8 Å². The number of aldehydes is 1. The summed E-state index contributed by atoms with van der Waals surface area (Å²) in [5, 5.41) is 10.5. The van der Waals surface area contributed by atoms with Gasteiger partial charge >= 0.3 is 0 Å². The summed E-state index contributed by atoms with van der Waals surface area (Å²) in [5.41, 5.74) is 0.987. The van der Waals surface area contributed by atoms with Crippen molar-refractivity contribution < 1.29 is 9.72 Å². The number of aromatic nitrogens is 1. The predicted octanol–water partition coefficient (Wildman–Crippen LogP) is 1.24. The lowest BCUT2D eigenvalue weighted by molar-refractivity contribution is -0.385. The number of hydrogen-bond acceptors (Lipinski definition) is 4. The Morgan fingerprint density at radius 2 is 2.40 bits per heavy atom. The number of carbonyl (C=O) groups excluding carboxylic acids is 1. The van der Waals surface area contributed by atoms with Crippen molar-refractivity contribution in [3.63, 3.8) is 0 Å². The number of nitrogens with zero attached hydrogens (tertiary/aromatic N) is 2. The summed E-state index contributed by atoms with van der Waals surface area (Å²) >= 11 is 0. The van der Waals surface area contributed by atoms with Gasteiger partial charge in [0.15, 0.2) is 0 Å². The molecular weight excluding hydrogens is 196 g/mol. The smallest absolute Gasteiger partial charge is 0.288 e. The molecule has 0 aliphatic heterocycles. The minimum absolute atomic E-state index is 0.101. The van der Waals surface area contributed by atoms with Gasteiger partial charge in [-0.2, -0.15) is 0 Å². The quantitative estimate of drug-likeness (QED) is 0.314. The fraction of sp³-hybridized carbons (Fsp3) is 0.200. The molecule has 0 amide bonds. The summed E-state index contributed by atoms with van der Waals surface area (Å²) in [4.78, 5) is 23.8. The van der Waals surface area contributed by atoms with Gasteiger partial charge in [0.2, 0.25) is 0 Å². The second-order valence-electron chi connectivity index (χ2n) is 2.76. The average molecular weight is 204 g/mol. The van der Waals surface area contributed by atoms with Gasteiger partial charge in [-0.25, -0.2) is 0 Å². The third kappa shape index (κ3) is 2.88. The fourth-order valence-electron chi connectivity index (χ4n) is 0.936. The number of rotatable bonds is 2. The molecule has 1 heterocycles. The Balaban J connectivity index is 3.07. The Kier molecular flexibility index (Phi) is 3.52. The minimum atomic E-state index is -0.530. The first-order chi connectivity index (χ1) is 7.15. The van der Waals surface area contributed by atoms with Crippen molar-refractivity contribution in [3.05, 3.63) is 33.6 Å². The first-order valence-corrected chi connectivity index (χ1v) is 4.18. The summed E-state index contributed by atoms with van der Waals surface area (Å²) in [6.07, 6.45) is 1.97. The number of hydrogen-bond donors (Lipinski definition) is 0. The van der Waals surface area contributed by atoms with Gasteiger partial charge in [-0.05, 0) is 6.92 Å². The molecular formula is C10H8N2O3. The maximum Gasteiger partial charge on any atom is 0.288 e. The van der Waals surface area contributed by atoms with E-state index in [2.05, 4.69) is 16.8 Å². The highest BCUT2D eigenvalue weighted by Crippen LogP contribution is 2.13. The third-order valence-electron chi connectivity index (χ3n) is 1.69. The maximum absolute atomic E-state index is 10.5. The van der Waals surface area contributed by atoms with Crippen LogP contribution in [0.15, 0.2) is 12.3 Å². The second kappa shape index (κ2) is 4.86. The lowest BCUT2D eigenvalue weighted by Gasteiger charge is -1.96. The Morgan fingerprint density at radius 1 is 1.67 bits per heavy atom. The van der Waals surface area contributed by atoms with Gasteiger partial charge in [0.05, 0.1) is 22.6 Å². The Bertz CT molecular complexity index is 457. The molecule has 5 heteroatoms. The van der Waals surface area contributed by atoms with Gasteiger partial charge in [-0.3, -0.25) is 15.1 Å². The van der Waals surface area contributed by atoms with Gasteiger partial charge in [-0.15, -0.1) is 0 Å². The summed E-state index contributed by atoms with van der Waals surface area (Å²) in [6, 6.07) is 1.35. The Hall–Kier alpha value is -2.22. The molecule has 1 aromatic rings. The van der Waals surface area contributed by atoms with Crippen molar-refractivity contribution in [2.45, 2.75) is 13.3 Å². The van der Waals surface area contributed by atoms with E-state index in [1.165, 1.54) is 12.3 Å². The molecule has 1 aromatic heterocycles. The van der Waals surface area contributed by atoms with Crippen LogP contribution in [0.1, 0.15) is 17.7 Å². The largest absolute Gasteiger partial charge is 0.302 e. The monoisotopic (exact) mass is 204 g/mol. The number of carbonyl (C=O) groups is 1. The van der Waals surface area contributed by atoms with Crippen LogP contribution in [0.4, 0.5) is 5.69 Å². The van der Waals surface area contributed by atoms with E-state index in [1.54, 1.807) is 6.92 Å². The van der Waals surface area contributed by atoms with Crippen LogP contribution in [0, 0.1) is 28.9 Å². The minimum Gasteiger partial charge on any atom is -0.302 e. The number of pyridine rings is 1. The number of nitro groups is 1. The second-order valence-corrected chi connectivity index (χ2v) is 2.76. The molecule has 0 unspecified atom stereocenters. The van der Waals surface area contributed by atoms with Crippen LogP contribution in [0.25, 0.3) is 0 Å². The zero-order valence-corrected chi connectivity index (χ0v) is 8.06. The summed E-state index contributed by atoms with van der Waals surface area (Å²) in [5.74, 6) is 5.24. The highest BCUT2D eigenvalue weighted by atomic mass is 16.6. The van der Waals surface area contributed by atoms with E-state index in [9.17, 15) is 14.9 Å². The molecule has 0 spiro atoms. The lowest BCUT2D eigenvalue weighted by atomic mass is 10.2. The molecule has 0 fully saturated rings. The molecule has 0 saturated carbocycles. The molecule has 0 aromatic carbocycles. The van der Waals surface area contributed by atoms with Crippen molar-refractivity contribution >= 4 is 12.0 Å². The van der Waals surface area contributed by atoms with Crippen LogP contribution in [-0.2, 0) is 4.79 Å². The summed E-state index contributed by atoms with van der Waals surface area (Å²) < 4.78 is 0. The van der Waals surface area contributed by atoms with Gasteiger partial charge in [0.1, 0.15) is 12.5 Å². The summed E-state index contributed by atoms with van der Waals surface area (Å²) in [7, 11) is 0. The molecule has 76 valence electrons. The maximum atomic E-state index is 10.5. The van der Waals surface area contributed by atoms with Crippen molar-refractivity contribution in [3.8, 4) is 11.8 Å². The van der Waals surface area contributed by atoms with E-state index in [0.29, 0.717) is 17.5 Å². The van der Waals surface area contributed by atoms with Gasteiger partial charge in [0.25, 0.3) is 5.69 Å². The highest BCUT2D eigenvalue weighted by molar-refractivity contribution is 5.55. The topological polar surface area (TPSA) is 73.1 Å². The van der Waals surface area contributed by atoms with E-state index in [-0.39, 0.29) is 12.1 Å². The average Bonchev–Trinajstić information content (AvgIpc) is 2.20. The SMILES string of the molecule is Cc1ncc([N+](=O)[O-])cc1C#CCC=O. The van der Waals surface area contributed by atoms with Crippen molar-refractivity contribution in [2.24, 2.45) is 0 Å². The molecule has 0 N–H and O–H groups in total. The lowest BCUT2D eigenvalue weighted by Crippen LogP contribution is -1.93. The molecule has 0 aliphatic carbocycles. The molecule has 0 aliphatic rings. The van der Waals surface area contributed by atoms with Crippen LogP contribution in [0.3, 0.4) is 0 Å². The van der Waals surface area contributed by atoms with Crippen LogP contribution in [0.5, 0.6) is 0 Å². The zero-order valence-electron chi connectivity index (χ0n) is 8.06. The Labute approximate surface area is 86.3 Å². The van der Waals surface area contributed by atoms with Crippen LogP contribution in [0.2, 0.25) is 0 Å². The molecule has 0 radical (unpaired) electrons. The van der Waals surface area contributed by atoms with Crippen LogP contribution < -0.4 is 0 Å². The van der Waals surface area contributed by atoms with Crippen LogP contribution >= 0.6 is 0 Å². The molecule has 15 heavy (non-hydrogen) atoms. The zero-order chi connectivity index (χ0) is 11.3. The van der Waals surface area contributed by atoms with E-state index in [1.807, 2.05) is 0 Å². The van der Waals surface area contributed by atoms with Crippen molar-refractivity contribution in [1.82, 2.24) is 4.98 Å². The standard InChI is InChI=1S/C10H8N2O3/c1-8-9(4-2-3-5-13)6-10(7-11-8)12(14)15/h5-7H,3H2,1H3. The summed E-state index contributed by atoms with van der Waals surface area (Å²) in [6.45, 7) is 1.70. The van der Waals surface area contributed by atoms with E-state index in [4.69, 9.17) is 0 Å². The first-order valence-electron chi connectivity index (χ1n) is 4.18. The van der Waals surface area contributed by atoms with Crippen molar-refractivity contribution in [2.75, 3.05) is 0 Å². The van der Waals surface area contributed by atoms with E-state index >= 15 is 0 Å². The van der Waals surface area contributed by atoms with Gasteiger partial charge in [0, 0.05) is 6.07 Å². The number of aryl methyl sites for hydroxylation is 1. The van der Waals surface area contributed by atoms with E-state index in [0.717, 1.165) is 0 Å². The molecule has 5 nitrogen and oxygen atoms in total. The third-order valence-corrected chi connectivity index (χ3v) is 1.69. The normalized spacial score (nSPS) is 8.87. The van der Waals surface area contributed by atoms with Gasteiger partial charge < -0.3 is 4.79 Å². The first kappa shape index (κ1) is 10.9. The Morgan fingerprint density at radius 3 is 3.00 bits per heavy atom. The molecule has 0 bridgehead atoms. The molecule has 0 atom stereocenters. The molecule has 1 rings (SSSR count). The van der Waals surface area contributed by atoms with E-state index < -0.39 is 4.92 Å². The fourth-order valence-corrected chi connectivity index (χ4v) is 0.936. The highest BCUT2D eigenvalue weighted by Gasteiger charge is 2.07. The predicted molar refractivity (Wildman–Crippen MR) is 53.2 cm³/mol. The molecule has 0 saturated heterocycles.